The van der Waals surface area contributed by atoms with Crippen LogP contribution >= 0.6 is 0 Å². The van der Waals surface area contributed by atoms with Gasteiger partial charge in [0.2, 0.25) is 0 Å². The minimum Gasteiger partial charge on any atom is -0.469 e. The molecule has 0 aliphatic heterocycles. The Morgan fingerprint density at radius 1 is 1.28 bits per heavy atom. The second kappa shape index (κ2) is 6.59. The van der Waals surface area contributed by atoms with Crippen molar-refractivity contribution in [2.75, 3.05) is 7.11 Å². The molecule has 0 saturated heterocycles. The molecule has 136 valence electrons. The molecule has 0 aromatic heterocycles. The van der Waals surface area contributed by atoms with Gasteiger partial charge in [-0.15, -0.1) is 0 Å². The van der Waals surface area contributed by atoms with E-state index in [1.807, 2.05) is 6.08 Å². The number of ether oxygens (including phenoxy) is 1. The first-order chi connectivity index (χ1) is 11.9. The van der Waals surface area contributed by atoms with E-state index in [4.69, 9.17) is 4.74 Å². The Hall–Kier alpha value is -1.63. The molecule has 0 aromatic carbocycles. The van der Waals surface area contributed by atoms with Crippen molar-refractivity contribution >= 4 is 11.8 Å². The van der Waals surface area contributed by atoms with Crippen molar-refractivity contribution in [2.45, 2.75) is 58.8 Å². The number of carbonyl (C=O) groups excluding carboxylic acids is 2. The summed E-state index contributed by atoms with van der Waals surface area (Å²) in [5, 5.41) is 9.47. The SMILES string of the molecule is COC(=O)[C@H]1CC[C@H]2[C@H](CC#N)[C@@H]([C@@]3(C)CCC=CC3=O)CC[C@]12C. The molecule has 0 spiro atoms. The number of ketones is 1. The van der Waals surface area contributed by atoms with Gasteiger partial charge in [-0.2, -0.15) is 5.26 Å². The van der Waals surface area contributed by atoms with Gasteiger partial charge in [0.1, 0.15) is 0 Å². The number of esters is 1. The van der Waals surface area contributed by atoms with Crippen LogP contribution in [0.15, 0.2) is 12.2 Å². The summed E-state index contributed by atoms with van der Waals surface area (Å²) in [7, 11) is 1.46. The van der Waals surface area contributed by atoms with Gasteiger partial charge in [0.25, 0.3) is 0 Å². The number of hydrogen-bond donors (Lipinski definition) is 0. The van der Waals surface area contributed by atoms with E-state index in [0.717, 1.165) is 38.5 Å². The molecule has 3 aliphatic rings. The smallest absolute Gasteiger partial charge is 0.309 e. The third-order valence-corrected chi connectivity index (χ3v) is 7.73. The number of methoxy groups -OCH3 is 1. The van der Waals surface area contributed by atoms with Crippen LogP contribution in [0.3, 0.4) is 0 Å². The van der Waals surface area contributed by atoms with E-state index in [0.29, 0.717) is 12.3 Å². The Morgan fingerprint density at radius 3 is 2.68 bits per heavy atom. The zero-order valence-electron chi connectivity index (χ0n) is 15.6. The van der Waals surface area contributed by atoms with Crippen molar-refractivity contribution in [3.63, 3.8) is 0 Å². The van der Waals surface area contributed by atoms with E-state index in [-0.39, 0.29) is 40.3 Å². The van der Waals surface area contributed by atoms with Crippen LogP contribution in [-0.2, 0) is 14.3 Å². The fourth-order valence-electron chi connectivity index (χ4n) is 6.25. The summed E-state index contributed by atoms with van der Waals surface area (Å²) in [6.07, 6.45) is 9.66. The molecule has 0 aromatic rings. The molecular weight excluding hydrogens is 314 g/mol. The molecule has 0 heterocycles. The number of rotatable bonds is 3. The van der Waals surface area contributed by atoms with Crippen molar-refractivity contribution in [1.82, 2.24) is 0 Å². The molecule has 0 unspecified atom stereocenters. The van der Waals surface area contributed by atoms with Gasteiger partial charge in [0.15, 0.2) is 5.78 Å². The first-order valence-corrected chi connectivity index (χ1v) is 9.54. The lowest BCUT2D eigenvalue weighted by Gasteiger charge is -2.52. The second-order valence-corrected chi connectivity index (χ2v) is 8.66. The lowest BCUT2D eigenvalue weighted by Crippen LogP contribution is -2.50. The topological polar surface area (TPSA) is 67.2 Å². The van der Waals surface area contributed by atoms with Crippen molar-refractivity contribution in [3.8, 4) is 6.07 Å². The number of nitrogens with zero attached hydrogens (tertiary/aromatic N) is 1. The summed E-state index contributed by atoms with van der Waals surface area (Å²) in [5.41, 5.74) is -0.462. The predicted octanol–water partition coefficient (Wildman–Crippen LogP) is 4.06. The number of nitriles is 1. The van der Waals surface area contributed by atoms with E-state index in [1.165, 1.54) is 7.11 Å². The maximum atomic E-state index is 12.7. The van der Waals surface area contributed by atoms with Crippen molar-refractivity contribution in [1.29, 1.82) is 5.26 Å². The van der Waals surface area contributed by atoms with Gasteiger partial charge in [-0.05, 0) is 67.8 Å². The molecule has 25 heavy (non-hydrogen) atoms. The summed E-state index contributed by atoms with van der Waals surface area (Å²) in [6, 6.07) is 2.38. The highest BCUT2D eigenvalue weighted by molar-refractivity contribution is 5.95. The predicted molar refractivity (Wildman–Crippen MR) is 94.3 cm³/mol. The third kappa shape index (κ3) is 2.72. The zero-order chi connectivity index (χ0) is 18.2. The molecule has 6 atom stereocenters. The van der Waals surface area contributed by atoms with Crippen LogP contribution in [0.5, 0.6) is 0 Å². The molecule has 2 saturated carbocycles. The molecule has 0 N–H and O–H groups in total. The monoisotopic (exact) mass is 343 g/mol. The Kier molecular flexibility index (Phi) is 4.79. The lowest BCUT2D eigenvalue weighted by atomic mass is 9.51. The molecule has 0 bridgehead atoms. The van der Waals surface area contributed by atoms with E-state index < -0.39 is 0 Å². The van der Waals surface area contributed by atoms with E-state index in [2.05, 4.69) is 19.9 Å². The second-order valence-electron chi connectivity index (χ2n) is 8.66. The van der Waals surface area contributed by atoms with Crippen molar-refractivity contribution < 1.29 is 14.3 Å². The minimum atomic E-state index is -0.360. The van der Waals surface area contributed by atoms with Crippen LogP contribution in [-0.4, -0.2) is 18.9 Å². The fourth-order valence-corrected chi connectivity index (χ4v) is 6.25. The molecule has 4 heteroatoms. The first kappa shape index (κ1) is 18.2. The van der Waals surface area contributed by atoms with Crippen molar-refractivity contribution in [3.05, 3.63) is 12.2 Å². The highest BCUT2D eigenvalue weighted by Gasteiger charge is 2.59. The number of carbonyl (C=O) groups is 2. The molecule has 2 fully saturated rings. The number of hydrogen-bond acceptors (Lipinski definition) is 4. The fraction of sp³-hybridized carbons (Fsp3) is 0.762. The minimum absolute atomic E-state index is 0.0700. The van der Waals surface area contributed by atoms with Gasteiger partial charge in [-0.1, -0.05) is 19.9 Å². The summed E-state index contributed by atoms with van der Waals surface area (Å²) in [6.45, 7) is 4.31. The number of allylic oxidation sites excluding steroid dienone is 2. The van der Waals surface area contributed by atoms with Gasteiger partial charge in [-0.3, -0.25) is 9.59 Å². The van der Waals surface area contributed by atoms with Gasteiger partial charge < -0.3 is 4.74 Å². The average Bonchev–Trinajstić information content (AvgIpc) is 2.95. The number of fused-ring (bicyclic) bond motifs is 1. The van der Waals surface area contributed by atoms with Crippen molar-refractivity contribution in [2.24, 2.45) is 34.5 Å². The van der Waals surface area contributed by atoms with E-state index in [1.54, 1.807) is 6.08 Å². The van der Waals surface area contributed by atoms with Crippen LogP contribution in [0.25, 0.3) is 0 Å². The maximum Gasteiger partial charge on any atom is 0.309 e. The Morgan fingerprint density at radius 2 is 2.04 bits per heavy atom. The van der Waals surface area contributed by atoms with Crippen LogP contribution in [0.1, 0.15) is 58.8 Å². The molecule has 0 radical (unpaired) electrons. The zero-order valence-corrected chi connectivity index (χ0v) is 15.6. The Balaban J connectivity index is 1.93. The summed E-state index contributed by atoms with van der Waals surface area (Å²) < 4.78 is 5.06. The van der Waals surface area contributed by atoms with Gasteiger partial charge in [-0.25, -0.2) is 0 Å². The maximum absolute atomic E-state index is 12.7. The van der Waals surface area contributed by atoms with Crippen LogP contribution in [0.4, 0.5) is 0 Å². The van der Waals surface area contributed by atoms with E-state index in [9.17, 15) is 14.9 Å². The quantitative estimate of drug-likeness (QED) is 0.725. The summed E-state index contributed by atoms with van der Waals surface area (Å²) in [5.74, 6) is 0.794. The normalized spacial score (nSPS) is 43.4. The van der Waals surface area contributed by atoms with Crippen LogP contribution in [0.2, 0.25) is 0 Å². The van der Waals surface area contributed by atoms with E-state index >= 15 is 0 Å². The lowest BCUT2D eigenvalue weighted by molar-refractivity contribution is -0.153. The Bertz CT molecular complexity index is 634. The molecular formula is C21H29NO3. The summed E-state index contributed by atoms with van der Waals surface area (Å²) in [4.78, 5) is 25.0. The molecule has 3 rings (SSSR count). The van der Waals surface area contributed by atoms with Crippen LogP contribution < -0.4 is 0 Å². The molecule has 4 nitrogen and oxygen atoms in total. The standard InChI is InChI=1S/C21H29NO3/c1-20-12-9-16(21(2)11-5-4-6-18(21)23)14(10-13-22)15(20)7-8-17(20)19(24)25-3/h4,6,14-17H,5,7-12H2,1-3H3/t14-,15-,16-,17+,20-,21+/m0/s1. The molecule has 3 aliphatic carbocycles. The van der Waals surface area contributed by atoms with Gasteiger partial charge >= 0.3 is 5.97 Å². The highest BCUT2D eigenvalue weighted by Crippen LogP contribution is 2.63. The third-order valence-electron chi connectivity index (χ3n) is 7.73. The highest BCUT2D eigenvalue weighted by atomic mass is 16.5. The van der Waals surface area contributed by atoms with Crippen LogP contribution in [0, 0.1) is 45.8 Å². The average molecular weight is 343 g/mol. The largest absolute Gasteiger partial charge is 0.469 e. The van der Waals surface area contributed by atoms with Gasteiger partial charge in [0.05, 0.1) is 19.1 Å². The molecule has 0 amide bonds. The Labute approximate surface area is 150 Å². The summed E-state index contributed by atoms with van der Waals surface area (Å²) >= 11 is 0. The van der Waals surface area contributed by atoms with Gasteiger partial charge in [0, 0.05) is 11.8 Å². The first-order valence-electron chi connectivity index (χ1n) is 9.54.